The summed E-state index contributed by atoms with van der Waals surface area (Å²) in [5.41, 5.74) is 0.330. The van der Waals surface area contributed by atoms with Crippen LogP contribution in [0.4, 0.5) is 0 Å². The lowest BCUT2D eigenvalue weighted by Crippen LogP contribution is -2.39. The van der Waals surface area contributed by atoms with Crippen LogP contribution in [0, 0.1) is 0 Å². The number of carbonyl (C=O) groups excluding carboxylic acids is 1. The van der Waals surface area contributed by atoms with E-state index in [1.54, 1.807) is 49.6 Å². The van der Waals surface area contributed by atoms with Crippen molar-refractivity contribution in [2.75, 3.05) is 27.4 Å². The van der Waals surface area contributed by atoms with Crippen LogP contribution in [0.2, 0.25) is 0 Å². The largest absolute Gasteiger partial charge is 0.497 e. The van der Waals surface area contributed by atoms with Gasteiger partial charge in [-0.15, -0.1) is 0 Å². The highest BCUT2D eigenvalue weighted by Gasteiger charge is 2.24. The van der Waals surface area contributed by atoms with Gasteiger partial charge in [-0.2, -0.15) is 0 Å². The highest BCUT2D eigenvalue weighted by Crippen LogP contribution is 2.22. The Morgan fingerprint density at radius 1 is 1.22 bits per heavy atom. The molecule has 1 aliphatic rings. The highest BCUT2D eigenvalue weighted by molar-refractivity contribution is 5.93. The van der Waals surface area contributed by atoms with Crippen LogP contribution in [-0.2, 0) is 9.47 Å². The third kappa shape index (κ3) is 5.27. The van der Waals surface area contributed by atoms with Gasteiger partial charge in [0.1, 0.15) is 23.6 Å². The molecule has 8 heteroatoms. The molecule has 0 radical (unpaired) electrons. The number of ether oxygens (including phenoxy) is 3. The molecule has 0 bridgehead atoms. The third-order valence-corrected chi connectivity index (χ3v) is 4.67. The van der Waals surface area contributed by atoms with Gasteiger partial charge in [0.25, 0.3) is 5.91 Å². The summed E-state index contributed by atoms with van der Waals surface area (Å²) in [5.74, 6) is 0.973. The summed E-state index contributed by atoms with van der Waals surface area (Å²) in [7, 11) is 3.24. The highest BCUT2D eigenvalue weighted by atomic mass is 16.5. The monoisotopic (exact) mass is 374 g/mol. The molecule has 1 amide bonds. The molecule has 2 aromatic heterocycles. The fourth-order valence-electron chi connectivity index (χ4n) is 3.18. The van der Waals surface area contributed by atoms with Crippen molar-refractivity contribution >= 4 is 5.91 Å². The van der Waals surface area contributed by atoms with Gasteiger partial charge < -0.3 is 19.5 Å². The first-order chi connectivity index (χ1) is 13.2. The Morgan fingerprint density at radius 3 is 2.70 bits per heavy atom. The summed E-state index contributed by atoms with van der Waals surface area (Å²) < 4.78 is 17.8. The van der Waals surface area contributed by atoms with E-state index in [-0.39, 0.29) is 18.1 Å². The molecule has 8 nitrogen and oxygen atoms in total. The number of nitrogens with one attached hydrogen (secondary N) is 1. The number of nitrogens with zero attached hydrogens (tertiary/aromatic N) is 3. The van der Waals surface area contributed by atoms with Gasteiger partial charge in [-0.3, -0.25) is 9.36 Å². The van der Waals surface area contributed by atoms with Crippen LogP contribution in [0.1, 0.15) is 36.2 Å². The summed E-state index contributed by atoms with van der Waals surface area (Å²) in [6.07, 6.45) is 8.96. The number of rotatable bonds is 8. The number of pyridine rings is 1. The van der Waals surface area contributed by atoms with E-state index in [0.717, 1.165) is 25.7 Å². The first-order valence-electron chi connectivity index (χ1n) is 9.15. The summed E-state index contributed by atoms with van der Waals surface area (Å²) in [6, 6.07) is 3.54. The van der Waals surface area contributed by atoms with Crippen molar-refractivity contribution < 1.29 is 19.0 Å². The van der Waals surface area contributed by atoms with Crippen LogP contribution in [-0.4, -0.2) is 60.0 Å². The molecule has 1 N–H and O–H groups in total. The van der Waals surface area contributed by atoms with Gasteiger partial charge >= 0.3 is 0 Å². The number of hydrogen-bond acceptors (Lipinski definition) is 6. The molecule has 1 fully saturated rings. The maximum Gasteiger partial charge on any atom is 0.270 e. The predicted octanol–water partition coefficient (Wildman–Crippen LogP) is 1.98. The quantitative estimate of drug-likeness (QED) is 0.711. The van der Waals surface area contributed by atoms with E-state index in [4.69, 9.17) is 14.2 Å². The third-order valence-electron chi connectivity index (χ3n) is 4.67. The van der Waals surface area contributed by atoms with Gasteiger partial charge in [0.05, 0.1) is 26.4 Å². The molecule has 1 saturated carbocycles. The van der Waals surface area contributed by atoms with E-state index >= 15 is 0 Å². The molecule has 3 rings (SSSR count). The maximum absolute atomic E-state index is 12.7. The van der Waals surface area contributed by atoms with E-state index in [0.29, 0.717) is 30.5 Å². The Balaban J connectivity index is 1.59. The second kappa shape index (κ2) is 9.48. The Kier molecular flexibility index (Phi) is 6.78. The zero-order valence-electron chi connectivity index (χ0n) is 15.8. The maximum atomic E-state index is 12.7. The summed E-state index contributed by atoms with van der Waals surface area (Å²) in [4.78, 5) is 21.2. The van der Waals surface area contributed by atoms with Gasteiger partial charge in [-0.1, -0.05) is 0 Å². The van der Waals surface area contributed by atoms with Crippen LogP contribution in [0.3, 0.4) is 0 Å². The molecule has 0 spiro atoms. The van der Waals surface area contributed by atoms with E-state index in [1.165, 1.54) is 0 Å². The molecule has 0 aromatic carbocycles. The molecule has 27 heavy (non-hydrogen) atoms. The molecule has 0 atom stereocenters. The number of hydrogen-bond donors (Lipinski definition) is 1. The molecule has 1 aliphatic carbocycles. The fraction of sp³-hybridized carbons (Fsp3) is 0.526. The molecule has 2 aromatic rings. The standard InChI is InChI=1S/C19H26N4O4/c1-25-9-10-27-15-5-3-14(4-6-15)21-19(24)17-11-16(26-2)12-18(22-17)23-8-7-20-13-23/h7-8,11-15H,3-6,9-10H2,1-2H3,(H,21,24)/t14-,15-. The van der Waals surface area contributed by atoms with Crippen molar-refractivity contribution in [2.24, 2.45) is 0 Å². The second-order valence-corrected chi connectivity index (χ2v) is 6.53. The fourth-order valence-corrected chi connectivity index (χ4v) is 3.18. The smallest absolute Gasteiger partial charge is 0.270 e. The first kappa shape index (κ1) is 19.3. The first-order valence-corrected chi connectivity index (χ1v) is 9.15. The number of methoxy groups -OCH3 is 2. The molecule has 0 saturated heterocycles. The molecular weight excluding hydrogens is 348 g/mol. The summed E-state index contributed by atoms with van der Waals surface area (Å²) >= 11 is 0. The predicted molar refractivity (Wildman–Crippen MR) is 99.2 cm³/mol. The Morgan fingerprint density at radius 2 is 2.04 bits per heavy atom. The normalized spacial score (nSPS) is 19.6. The van der Waals surface area contributed by atoms with Crippen molar-refractivity contribution in [1.82, 2.24) is 19.9 Å². The van der Waals surface area contributed by atoms with Crippen LogP contribution >= 0.6 is 0 Å². The number of imidazole rings is 1. The zero-order valence-corrected chi connectivity index (χ0v) is 15.8. The van der Waals surface area contributed by atoms with E-state index in [9.17, 15) is 4.79 Å². The van der Waals surface area contributed by atoms with Gasteiger partial charge in [-0.05, 0) is 25.7 Å². The van der Waals surface area contributed by atoms with Crippen LogP contribution < -0.4 is 10.1 Å². The molecule has 0 aliphatic heterocycles. The SMILES string of the molecule is COCCO[C@H]1CC[C@H](NC(=O)c2cc(OC)cc(-n3ccnc3)n2)CC1. The van der Waals surface area contributed by atoms with Crippen molar-refractivity contribution in [1.29, 1.82) is 0 Å². The van der Waals surface area contributed by atoms with E-state index < -0.39 is 0 Å². The number of amides is 1. The average molecular weight is 374 g/mol. The molecule has 0 unspecified atom stereocenters. The number of aromatic nitrogens is 3. The van der Waals surface area contributed by atoms with Gasteiger partial charge in [0, 0.05) is 37.7 Å². The lowest BCUT2D eigenvalue weighted by atomic mass is 9.93. The average Bonchev–Trinajstić information content (AvgIpc) is 3.24. The van der Waals surface area contributed by atoms with Gasteiger partial charge in [0.2, 0.25) is 0 Å². The van der Waals surface area contributed by atoms with E-state index in [2.05, 4.69) is 15.3 Å². The van der Waals surface area contributed by atoms with E-state index in [1.807, 2.05) is 0 Å². The van der Waals surface area contributed by atoms with Crippen LogP contribution in [0.15, 0.2) is 30.9 Å². The second-order valence-electron chi connectivity index (χ2n) is 6.53. The topological polar surface area (TPSA) is 87.5 Å². The Labute approximate surface area is 158 Å². The summed E-state index contributed by atoms with van der Waals surface area (Å²) in [5, 5.41) is 3.08. The minimum atomic E-state index is -0.195. The van der Waals surface area contributed by atoms with Crippen LogP contribution in [0.5, 0.6) is 5.75 Å². The Bertz CT molecular complexity index is 727. The molecule has 146 valence electrons. The summed E-state index contributed by atoms with van der Waals surface area (Å²) in [6.45, 7) is 1.22. The number of carbonyl (C=O) groups is 1. The molecule has 2 heterocycles. The minimum Gasteiger partial charge on any atom is -0.497 e. The lowest BCUT2D eigenvalue weighted by Gasteiger charge is -2.29. The minimum absolute atomic E-state index is 0.129. The Hall–Kier alpha value is -2.45. The van der Waals surface area contributed by atoms with Crippen molar-refractivity contribution in [3.05, 3.63) is 36.5 Å². The lowest BCUT2D eigenvalue weighted by molar-refractivity contribution is -0.00409. The van der Waals surface area contributed by atoms with Crippen molar-refractivity contribution in [3.8, 4) is 11.6 Å². The van der Waals surface area contributed by atoms with Gasteiger partial charge in [0.15, 0.2) is 0 Å². The van der Waals surface area contributed by atoms with Crippen LogP contribution in [0.25, 0.3) is 5.82 Å². The van der Waals surface area contributed by atoms with Gasteiger partial charge in [-0.25, -0.2) is 9.97 Å². The van der Waals surface area contributed by atoms with Crippen molar-refractivity contribution in [2.45, 2.75) is 37.8 Å². The molecular formula is C19H26N4O4. The van der Waals surface area contributed by atoms with Crippen molar-refractivity contribution in [3.63, 3.8) is 0 Å². The zero-order chi connectivity index (χ0) is 19.1.